The van der Waals surface area contributed by atoms with Gasteiger partial charge in [-0.2, -0.15) is 0 Å². The lowest BCUT2D eigenvalue weighted by Crippen LogP contribution is -2.29. The van der Waals surface area contributed by atoms with Gasteiger partial charge in [-0.3, -0.25) is 0 Å². The SMILES string of the molecule is CN(CCC1OCCCO1)Cc1ccc(Cl)cc1. The second-order valence-corrected chi connectivity index (χ2v) is 5.11. The first-order valence-corrected chi connectivity index (χ1v) is 6.78. The number of benzene rings is 1. The van der Waals surface area contributed by atoms with Crippen LogP contribution in [0.5, 0.6) is 0 Å². The average molecular weight is 270 g/mol. The van der Waals surface area contributed by atoms with E-state index in [-0.39, 0.29) is 6.29 Å². The van der Waals surface area contributed by atoms with Crippen LogP contribution in [0.15, 0.2) is 24.3 Å². The lowest BCUT2D eigenvalue weighted by atomic mass is 10.2. The molecule has 0 spiro atoms. The van der Waals surface area contributed by atoms with Crippen LogP contribution in [0.1, 0.15) is 18.4 Å². The largest absolute Gasteiger partial charge is 0.353 e. The Balaban J connectivity index is 1.71. The number of ether oxygens (including phenoxy) is 2. The van der Waals surface area contributed by atoms with Crippen LogP contribution < -0.4 is 0 Å². The third-order valence-electron chi connectivity index (χ3n) is 3.01. The first-order valence-electron chi connectivity index (χ1n) is 6.40. The molecule has 2 rings (SSSR count). The predicted octanol–water partition coefficient (Wildman–Crippen LogP) is 2.92. The molecule has 0 saturated carbocycles. The summed E-state index contributed by atoms with van der Waals surface area (Å²) >= 11 is 5.86. The zero-order valence-electron chi connectivity index (χ0n) is 10.8. The molecule has 1 heterocycles. The van der Waals surface area contributed by atoms with Crippen LogP contribution in [0.3, 0.4) is 0 Å². The highest BCUT2D eigenvalue weighted by molar-refractivity contribution is 6.30. The summed E-state index contributed by atoms with van der Waals surface area (Å²) in [6.07, 6.45) is 1.91. The summed E-state index contributed by atoms with van der Waals surface area (Å²) in [4.78, 5) is 2.27. The molecule has 4 heteroatoms. The zero-order chi connectivity index (χ0) is 12.8. The number of halogens is 1. The fourth-order valence-electron chi connectivity index (χ4n) is 2.01. The third-order valence-corrected chi connectivity index (χ3v) is 3.26. The van der Waals surface area contributed by atoms with Crippen LogP contribution in [0, 0.1) is 0 Å². The van der Waals surface area contributed by atoms with Crippen molar-refractivity contribution in [2.75, 3.05) is 26.8 Å². The van der Waals surface area contributed by atoms with Crippen molar-refractivity contribution in [2.24, 2.45) is 0 Å². The Kier molecular flexibility index (Phi) is 5.45. The zero-order valence-corrected chi connectivity index (χ0v) is 11.5. The molecular weight excluding hydrogens is 250 g/mol. The number of rotatable bonds is 5. The van der Waals surface area contributed by atoms with Gasteiger partial charge in [0.05, 0.1) is 13.2 Å². The minimum atomic E-state index is -0.0218. The molecule has 1 fully saturated rings. The van der Waals surface area contributed by atoms with E-state index in [9.17, 15) is 0 Å². The first kappa shape index (κ1) is 13.8. The van der Waals surface area contributed by atoms with Crippen LogP contribution in [-0.4, -0.2) is 38.0 Å². The molecule has 0 unspecified atom stereocenters. The van der Waals surface area contributed by atoms with Crippen LogP contribution in [0.2, 0.25) is 5.02 Å². The minimum Gasteiger partial charge on any atom is -0.353 e. The van der Waals surface area contributed by atoms with E-state index < -0.39 is 0 Å². The van der Waals surface area contributed by atoms with Crippen LogP contribution >= 0.6 is 11.6 Å². The van der Waals surface area contributed by atoms with E-state index in [1.165, 1.54) is 5.56 Å². The summed E-state index contributed by atoms with van der Waals surface area (Å²) in [7, 11) is 2.11. The molecule has 0 aliphatic carbocycles. The Hall–Kier alpha value is -0.610. The van der Waals surface area contributed by atoms with Crippen LogP contribution in [-0.2, 0) is 16.0 Å². The maximum absolute atomic E-state index is 5.86. The molecule has 0 amide bonds. The van der Waals surface area contributed by atoms with Gasteiger partial charge >= 0.3 is 0 Å². The molecule has 0 radical (unpaired) electrons. The van der Waals surface area contributed by atoms with Crippen molar-refractivity contribution in [3.63, 3.8) is 0 Å². The molecule has 100 valence electrons. The second kappa shape index (κ2) is 7.10. The third kappa shape index (κ3) is 4.58. The molecule has 1 aliphatic rings. The van der Waals surface area contributed by atoms with Crippen molar-refractivity contribution in [3.05, 3.63) is 34.9 Å². The maximum atomic E-state index is 5.86. The van der Waals surface area contributed by atoms with E-state index in [1.807, 2.05) is 12.1 Å². The summed E-state index contributed by atoms with van der Waals surface area (Å²) in [5.74, 6) is 0. The van der Waals surface area contributed by atoms with Gasteiger partial charge in [0, 0.05) is 24.5 Å². The highest BCUT2D eigenvalue weighted by atomic mass is 35.5. The van der Waals surface area contributed by atoms with Gasteiger partial charge in [0.1, 0.15) is 0 Å². The highest BCUT2D eigenvalue weighted by Gasteiger charge is 2.14. The average Bonchev–Trinajstić information content (AvgIpc) is 2.40. The molecule has 1 aliphatic heterocycles. The molecule has 0 atom stereocenters. The molecule has 0 bridgehead atoms. The number of hydrogen-bond donors (Lipinski definition) is 0. The van der Waals surface area contributed by atoms with E-state index >= 15 is 0 Å². The smallest absolute Gasteiger partial charge is 0.158 e. The van der Waals surface area contributed by atoms with Crippen molar-refractivity contribution in [1.29, 1.82) is 0 Å². The lowest BCUT2D eigenvalue weighted by Gasteiger charge is -2.25. The summed E-state index contributed by atoms with van der Waals surface area (Å²) in [5, 5.41) is 0.783. The van der Waals surface area contributed by atoms with E-state index in [4.69, 9.17) is 21.1 Å². The summed E-state index contributed by atoms with van der Waals surface area (Å²) in [5.41, 5.74) is 1.27. The van der Waals surface area contributed by atoms with Gasteiger partial charge < -0.3 is 14.4 Å². The van der Waals surface area contributed by atoms with Gasteiger partial charge in [-0.05, 0) is 31.2 Å². The summed E-state index contributed by atoms with van der Waals surface area (Å²) in [6, 6.07) is 7.98. The highest BCUT2D eigenvalue weighted by Crippen LogP contribution is 2.12. The van der Waals surface area contributed by atoms with Gasteiger partial charge in [0.2, 0.25) is 0 Å². The Labute approximate surface area is 114 Å². The van der Waals surface area contributed by atoms with E-state index in [0.29, 0.717) is 0 Å². The normalized spacial score (nSPS) is 17.3. The van der Waals surface area contributed by atoms with Gasteiger partial charge in [0.25, 0.3) is 0 Å². The molecule has 1 saturated heterocycles. The van der Waals surface area contributed by atoms with E-state index in [2.05, 4.69) is 24.1 Å². The number of nitrogens with zero attached hydrogens (tertiary/aromatic N) is 1. The monoisotopic (exact) mass is 269 g/mol. The second-order valence-electron chi connectivity index (χ2n) is 4.68. The first-order chi connectivity index (χ1) is 8.74. The molecule has 1 aromatic carbocycles. The Bertz CT molecular complexity index is 349. The van der Waals surface area contributed by atoms with Gasteiger partial charge in [0.15, 0.2) is 6.29 Å². The van der Waals surface area contributed by atoms with Gasteiger partial charge in [-0.15, -0.1) is 0 Å². The Morgan fingerprint density at radius 2 is 1.89 bits per heavy atom. The quantitative estimate of drug-likeness (QED) is 0.820. The van der Waals surface area contributed by atoms with E-state index in [0.717, 1.165) is 44.2 Å². The van der Waals surface area contributed by atoms with Crippen molar-refractivity contribution in [2.45, 2.75) is 25.7 Å². The predicted molar refractivity (Wildman–Crippen MR) is 72.7 cm³/mol. The molecule has 18 heavy (non-hydrogen) atoms. The van der Waals surface area contributed by atoms with Gasteiger partial charge in [-0.25, -0.2) is 0 Å². The van der Waals surface area contributed by atoms with Crippen LogP contribution in [0.25, 0.3) is 0 Å². The standard InChI is InChI=1S/C14H20ClNO2/c1-16(8-7-14-17-9-2-10-18-14)11-12-3-5-13(15)6-4-12/h3-6,14H,2,7-11H2,1H3. The summed E-state index contributed by atoms with van der Waals surface area (Å²) in [6.45, 7) is 3.54. The summed E-state index contributed by atoms with van der Waals surface area (Å²) < 4.78 is 11.1. The topological polar surface area (TPSA) is 21.7 Å². The van der Waals surface area contributed by atoms with Crippen LogP contribution in [0.4, 0.5) is 0 Å². The Morgan fingerprint density at radius 3 is 2.56 bits per heavy atom. The van der Waals surface area contributed by atoms with E-state index in [1.54, 1.807) is 0 Å². The molecule has 3 nitrogen and oxygen atoms in total. The maximum Gasteiger partial charge on any atom is 0.158 e. The molecule has 0 N–H and O–H groups in total. The minimum absolute atomic E-state index is 0.0218. The lowest BCUT2D eigenvalue weighted by molar-refractivity contribution is -0.182. The van der Waals surface area contributed by atoms with Crippen molar-refractivity contribution >= 4 is 11.6 Å². The molecule has 1 aromatic rings. The van der Waals surface area contributed by atoms with Gasteiger partial charge in [-0.1, -0.05) is 23.7 Å². The number of hydrogen-bond acceptors (Lipinski definition) is 3. The fraction of sp³-hybridized carbons (Fsp3) is 0.571. The van der Waals surface area contributed by atoms with Crippen molar-refractivity contribution in [1.82, 2.24) is 4.90 Å². The fourth-order valence-corrected chi connectivity index (χ4v) is 2.14. The molecule has 0 aromatic heterocycles. The van der Waals surface area contributed by atoms with Crippen molar-refractivity contribution < 1.29 is 9.47 Å². The van der Waals surface area contributed by atoms with Crippen molar-refractivity contribution in [3.8, 4) is 0 Å². The Morgan fingerprint density at radius 1 is 1.22 bits per heavy atom. The molecular formula is C14H20ClNO2.